The molecule has 0 aromatic carbocycles. The molecule has 0 bridgehead atoms. The molecule has 0 saturated carbocycles. The van der Waals surface area contributed by atoms with E-state index >= 15 is 0 Å². The minimum Gasteiger partial charge on any atom is -0.357 e. The molecule has 0 aromatic heterocycles. The van der Waals surface area contributed by atoms with Crippen LogP contribution in [0.5, 0.6) is 0 Å². The van der Waals surface area contributed by atoms with Crippen LogP contribution in [-0.2, 0) is 4.79 Å². The number of hydrogen-bond donors (Lipinski definition) is 2. The van der Waals surface area contributed by atoms with Gasteiger partial charge in [0.1, 0.15) is 0 Å². The molecule has 2 unspecified atom stereocenters. The average Bonchev–Trinajstić information content (AvgIpc) is 3.08. The second-order valence-electron chi connectivity index (χ2n) is 7.23. The van der Waals surface area contributed by atoms with E-state index in [2.05, 4.69) is 41.3 Å². The van der Waals surface area contributed by atoms with Gasteiger partial charge in [-0.1, -0.05) is 6.92 Å². The quantitative estimate of drug-likeness (QED) is 0.528. The van der Waals surface area contributed by atoms with Gasteiger partial charge in [-0.2, -0.15) is 0 Å². The molecule has 0 aliphatic carbocycles. The lowest BCUT2D eigenvalue weighted by atomic mass is 10.2. The normalized spacial score (nSPS) is 24.4. The zero-order valence-electron chi connectivity index (χ0n) is 16.4. The van der Waals surface area contributed by atoms with Crippen molar-refractivity contribution in [1.29, 1.82) is 0 Å². The Morgan fingerprint density at radius 2 is 1.92 bits per heavy atom. The van der Waals surface area contributed by atoms with E-state index in [1.165, 1.54) is 0 Å². The minimum absolute atomic E-state index is 0.245. The third-order valence-electron chi connectivity index (χ3n) is 5.20. The number of nitrogens with zero attached hydrogens (tertiary/aromatic N) is 4. The highest BCUT2D eigenvalue weighted by atomic mass is 16.2. The Bertz CT molecular complexity index is 447. The summed E-state index contributed by atoms with van der Waals surface area (Å²) in [6, 6.07) is 0.748. The summed E-state index contributed by atoms with van der Waals surface area (Å²) in [6.45, 7) is 14.1. The predicted octanol–water partition coefficient (Wildman–Crippen LogP) is 0.188. The molecule has 144 valence electrons. The maximum absolute atomic E-state index is 11.8. The molecule has 2 rings (SSSR count). The first kappa shape index (κ1) is 20.0. The molecule has 2 heterocycles. The molecule has 2 aliphatic heterocycles. The molecule has 1 amide bonds. The van der Waals surface area contributed by atoms with E-state index in [-0.39, 0.29) is 5.91 Å². The van der Waals surface area contributed by atoms with Crippen LogP contribution >= 0.6 is 0 Å². The highest BCUT2D eigenvalue weighted by molar-refractivity contribution is 5.80. The van der Waals surface area contributed by atoms with Crippen LogP contribution in [0, 0.1) is 0 Å². The predicted molar refractivity (Wildman–Crippen MR) is 103 cm³/mol. The summed E-state index contributed by atoms with van der Waals surface area (Å²) in [6.07, 6.45) is 1.58. The van der Waals surface area contributed by atoms with Gasteiger partial charge < -0.3 is 20.4 Å². The average molecular weight is 353 g/mol. The first-order valence-corrected chi connectivity index (χ1v) is 9.78. The van der Waals surface area contributed by atoms with Crippen LogP contribution in [-0.4, -0.2) is 98.1 Å². The van der Waals surface area contributed by atoms with Crippen LogP contribution in [0.4, 0.5) is 0 Å². The first-order valence-electron chi connectivity index (χ1n) is 9.78. The lowest BCUT2D eigenvalue weighted by Gasteiger charge is -2.36. The molecule has 2 fully saturated rings. The van der Waals surface area contributed by atoms with Crippen LogP contribution in [0.1, 0.15) is 33.6 Å². The van der Waals surface area contributed by atoms with E-state index in [9.17, 15) is 4.79 Å². The van der Waals surface area contributed by atoms with Gasteiger partial charge in [0.25, 0.3) is 0 Å². The zero-order valence-corrected chi connectivity index (χ0v) is 16.4. The summed E-state index contributed by atoms with van der Waals surface area (Å²) >= 11 is 0. The van der Waals surface area contributed by atoms with Crippen LogP contribution in [0.2, 0.25) is 0 Å². The van der Waals surface area contributed by atoms with Crippen molar-refractivity contribution in [3.63, 3.8) is 0 Å². The number of likely N-dealkylation sites (N-methyl/N-ethyl adjacent to an activating group) is 1. The Hall–Kier alpha value is -1.34. The van der Waals surface area contributed by atoms with E-state index in [0.29, 0.717) is 18.5 Å². The molecular weight excluding hydrogens is 316 g/mol. The Balaban J connectivity index is 1.83. The number of carbonyl (C=O) groups excluding carboxylic acids is 1. The molecule has 2 N–H and O–H groups in total. The van der Waals surface area contributed by atoms with Crippen LogP contribution in [0.25, 0.3) is 0 Å². The number of amides is 1. The third kappa shape index (κ3) is 6.15. The molecule has 0 spiro atoms. The number of likely N-dealkylation sites (tertiary alicyclic amines) is 1. The molecule has 2 saturated heterocycles. The number of carbonyl (C=O) groups is 1. The van der Waals surface area contributed by atoms with E-state index in [1.807, 2.05) is 11.8 Å². The number of piperazine rings is 1. The van der Waals surface area contributed by atoms with Crippen molar-refractivity contribution in [3.8, 4) is 0 Å². The second-order valence-corrected chi connectivity index (χ2v) is 7.23. The van der Waals surface area contributed by atoms with Crippen molar-refractivity contribution in [2.24, 2.45) is 4.99 Å². The summed E-state index contributed by atoms with van der Waals surface area (Å²) < 4.78 is 0. The van der Waals surface area contributed by atoms with Gasteiger partial charge in [-0.05, 0) is 27.3 Å². The van der Waals surface area contributed by atoms with E-state index in [1.54, 1.807) is 0 Å². The topological polar surface area (TPSA) is 63.2 Å². The van der Waals surface area contributed by atoms with Gasteiger partial charge in [-0.15, -0.1) is 0 Å². The van der Waals surface area contributed by atoms with E-state index in [0.717, 1.165) is 64.7 Å². The van der Waals surface area contributed by atoms with Crippen molar-refractivity contribution >= 4 is 11.9 Å². The van der Waals surface area contributed by atoms with Gasteiger partial charge in [0.2, 0.25) is 5.91 Å². The molecule has 2 aliphatic rings. The maximum Gasteiger partial charge on any atom is 0.222 e. The Morgan fingerprint density at radius 1 is 1.20 bits per heavy atom. The largest absolute Gasteiger partial charge is 0.357 e. The van der Waals surface area contributed by atoms with Crippen molar-refractivity contribution in [2.75, 3.05) is 59.4 Å². The first-order chi connectivity index (χ1) is 12.0. The summed E-state index contributed by atoms with van der Waals surface area (Å²) in [5, 5.41) is 6.85. The summed E-state index contributed by atoms with van der Waals surface area (Å²) in [7, 11) is 2.18. The smallest absolute Gasteiger partial charge is 0.222 e. The van der Waals surface area contributed by atoms with Crippen LogP contribution < -0.4 is 10.6 Å². The Kier molecular flexibility index (Phi) is 7.96. The fraction of sp³-hybridized carbons (Fsp3) is 0.889. The van der Waals surface area contributed by atoms with Crippen molar-refractivity contribution < 1.29 is 4.79 Å². The second kappa shape index (κ2) is 9.97. The standard InChI is InChI=1S/C18H36N6O/c1-5-17(25)24-8-7-16(14-24)21-18(19-6-2)20-13-15(3)23-11-9-22(4)10-12-23/h15-16H,5-14H2,1-4H3,(H2,19,20,21). The summed E-state index contributed by atoms with van der Waals surface area (Å²) in [5.41, 5.74) is 0. The van der Waals surface area contributed by atoms with Gasteiger partial charge in [0.05, 0.1) is 6.54 Å². The zero-order chi connectivity index (χ0) is 18.2. The molecule has 7 nitrogen and oxygen atoms in total. The molecule has 0 aromatic rings. The number of aliphatic imine (C=N–C) groups is 1. The van der Waals surface area contributed by atoms with Gasteiger partial charge in [-0.25, -0.2) is 0 Å². The Labute approximate surface area is 152 Å². The van der Waals surface area contributed by atoms with Crippen molar-refractivity contribution in [1.82, 2.24) is 25.3 Å². The fourth-order valence-electron chi connectivity index (χ4n) is 3.44. The fourth-order valence-corrected chi connectivity index (χ4v) is 3.44. The van der Waals surface area contributed by atoms with Gasteiger partial charge in [0, 0.05) is 64.3 Å². The highest BCUT2D eigenvalue weighted by Gasteiger charge is 2.26. The van der Waals surface area contributed by atoms with Crippen LogP contribution in [0.3, 0.4) is 0 Å². The monoisotopic (exact) mass is 352 g/mol. The lowest BCUT2D eigenvalue weighted by Crippen LogP contribution is -2.49. The van der Waals surface area contributed by atoms with Gasteiger partial charge in [0.15, 0.2) is 5.96 Å². The van der Waals surface area contributed by atoms with Gasteiger partial charge >= 0.3 is 0 Å². The van der Waals surface area contributed by atoms with Crippen molar-refractivity contribution in [3.05, 3.63) is 0 Å². The number of guanidine groups is 1. The highest BCUT2D eigenvalue weighted by Crippen LogP contribution is 2.10. The van der Waals surface area contributed by atoms with Gasteiger partial charge in [-0.3, -0.25) is 14.7 Å². The Morgan fingerprint density at radius 3 is 2.56 bits per heavy atom. The molecule has 7 heteroatoms. The number of nitrogens with one attached hydrogen (secondary N) is 2. The minimum atomic E-state index is 0.245. The molecular formula is C18H36N6O. The number of rotatable bonds is 6. The SMILES string of the molecule is CCNC(=NCC(C)N1CCN(C)CC1)NC1CCN(C(=O)CC)C1. The maximum atomic E-state index is 11.8. The molecule has 25 heavy (non-hydrogen) atoms. The van der Waals surface area contributed by atoms with E-state index in [4.69, 9.17) is 4.99 Å². The third-order valence-corrected chi connectivity index (χ3v) is 5.20. The number of hydrogen-bond acceptors (Lipinski definition) is 4. The van der Waals surface area contributed by atoms with Crippen molar-refractivity contribution in [2.45, 2.75) is 45.7 Å². The molecule has 0 radical (unpaired) electrons. The summed E-state index contributed by atoms with van der Waals surface area (Å²) in [4.78, 5) is 23.5. The van der Waals surface area contributed by atoms with E-state index < -0.39 is 0 Å². The summed E-state index contributed by atoms with van der Waals surface area (Å²) in [5.74, 6) is 1.12. The molecule has 2 atom stereocenters. The lowest BCUT2D eigenvalue weighted by molar-refractivity contribution is -0.129. The van der Waals surface area contributed by atoms with Crippen LogP contribution in [0.15, 0.2) is 4.99 Å².